The number of carbonyl (C=O) groups is 1. The Morgan fingerprint density at radius 1 is 0.673 bits per heavy atom. The third-order valence-corrected chi connectivity index (χ3v) is 14.8. The second kappa shape index (κ2) is 14.7. The van der Waals surface area contributed by atoms with E-state index in [9.17, 15) is 15.0 Å². The van der Waals surface area contributed by atoms with Crippen molar-refractivity contribution in [1.82, 2.24) is 0 Å². The first-order chi connectivity index (χ1) is 26.5. The van der Waals surface area contributed by atoms with Crippen molar-refractivity contribution in [2.24, 2.45) is 11.8 Å². The molecular weight excluding hydrogens is 712 g/mol. The molecule has 11 heterocycles. The zero-order valence-corrected chi connectivity index (χ0v) is 32.2. The summed E-state index contributed by atoms with van der Waals surface area (Å²) in [6.07, 6.45) is 2.38. The molecule has 12 unspecified atom stereocenters. The van der Waals surface area contributed by atoms with Crippen molar-refractivity contribution in [1.29, 1.82) is 0 Å². The predicted molar refractivity (Wildman–Crippen MR) is 193 cm³/mol. The summed E-state index contributed by atoms with van der Waals surface area (Å²) in [6.45, 7) is 13.1. The van der Waals surface area contributed by atoms with Crippen LogP contribution in [-0.4, -0.2) is 138 Å². The molecule has 0 aromatic carbocycles. The van der Waals surface area contributed by atoms with Gasteiger partial charge in [0.1, 0.15) is 36.6 Å². The molecule has 0 aliphatic carbocycles. The van der Waals surface area contributed by atoms with Crippen molar-refractivity contribution in [3.8, 4) is 0 Å². The number of carbonyl (C=O) groups excluding carboxylic acids is 1. The molecule has 12 bridgehead atoms. The lowest BCUT2D eigenvalue weighted by Crippen LogP contribution is -2.62. The highest BCUT2D eigenvalue weighted by Gasteiger charge is 2.69. The molecule has 0 radical (unpaired) electrons. The zero-order chi connectivity index (χ0) is 37.7. The van der Waals surface area contributed by atoms with Crippen molar-refractivity contribution in [3.05, 3.63) is 24.3 Å². The molecule has 13 nitrogen and oxygen atoms in total. The fourth-order valence-electron chi connectivity index (χ4n) is 11.9. The molecule has 0 aromatic heterocycles. The molecule has 11 saturated heterocycles. The van der Waals surface area contributed by atoms with E-state index >= 15 is 0 Å². The number of rotatable bonds is 2. The molecule has 11 rings (SSSR count). The van der Waals surface area contributed by atoms with Crippen LogP contribution in [0, 0.1) is 11.8 Å². The molecule has 11 fully saturated rings. The summed E-state index contributed by atoms with van der Waals surface area (Å²) in [5.74, 6) is -1.18. The molecule has 11 aliphatic heterocycles. The lowest BCUT2D eigenvalue weighted by molar-refractivity contribution is -0.293. The highest BCUT2D eigenvalue weighted by atomic mass is 16.8. The highest BCUT2D eigenvalue weighted by molar-refractivity contribution is 5.70. The van der Waals surface area contributed by atoms with Gasteiger partial charge in [0, 0.05) is 38.2 Å². The third kappa shape index (κ3) is 6.79. The third-order valence-electron chi connectivity index (χ3n) is 14.8. The molecule has 13 heteroatoms. The van der Waals surface area contributed by atoms with Crippen LogP contribution in [0.15, 0.2) is 24.3 Å². The van der Waals surface area contributed by atoms with Crippen LogP contribution in [0.1, 0.15) is 97.3 Å². The second-order valence-corrected chi connectivity index (χ2v) is 18.5. The van der Waals surface area contributed by atoms with E-state index in [1.807, 2.05) is 6.92 Å². The van der Waals surface area contributed by atoms with Crippen molar-refractivity contribution >= 4 is 5.97 Å². The minimum atomic E-state index is -0.808. The summed E-state index contributed by atoms with van der Waals surface area (Å²) in [6, 6.07) is 0. The monoisotopic (exact) mass is 772 g/mol. The summed E-state index contributed by atoms with van der Waals surface area (Å²) < 4.78 is 66.9. The van der Waals surface area contributed by atoms with Gasteiger partial charge in [-0.1, -0.05) is 27.0 Å². The van der Waals surface area contributed by atoms with E-state index in [1.165, 1.54) is 0 Å². The Morgan fingerprint density at radius 2 is 1.42 bits per heavy atom. The van der Waals surface area contributed by atoms with E-state index in [2.05, 4.69) is 20.1 Å². The first kappa shape index (κ1) is 37.8. The van der Waals surface area contributed by atoms with Crippen molar-refractivity contribution in [2.45, 2.75) is 213 Å². The normalized spacial score (nSPS) is 54.9. The number of fused-ring (bicyclic) bond motifs is 7. The summed E-state index contributed by atoms with van der Waals surface area (Å²) >= 11 is 0. The van der Waals surface area contributed by atoms with E-state index in [0.717, 1.165) is 49.7 Å². The lowest BCUT2D eigenvalue weighted by Gasteiger charge is -2.51. The van der Waals surface area contributed by atoms with E-state index in [0.29, 0.717) is 38.5 Å². The standard InChI is InChI=1S/C42H60O13/c1-19-13-23-5-7-27-20(2)14-25(46-27)9-11-42-18-33-38(54-42)39-40(52-33)41(55-42)37-29(51-39)8-6-24(48-37)15-34(45)53-36-22(4)35-31(16-26(44)28(50-35)10-12-43)49-32(36)17-30(47-23)21(19)3/h19,22-33,35-41,43-44H,2-3,5-18H2,1,4H3/t19?,22-,23?,24?,25?,26?,27-,28?,29?,30?,31-,32?,33?,35-,36?,37-,38?,39-,40+,41-,42-/m0/s1. The van der Waals surface area contributed by atoms with Crippen molar-refractivity contribution in [3.63, 3.8) is 0 Å². The maximum absolute atomic E-state index is 14.0. The maximum atomic E-state index is 14.0. The van der Waals surface area contributed by atoms with Gasteiger partial charge in [-0.25, -0.2) is 0 Å². The van der Waals surface area contributed by atoms with Gasteiger partial charge in [0.2, 0.25) is 0 Å². The first-order valence-corrected chi connectivity index (χ1v) is 21.3. The van der Waals surface area contributed by atoms with Crippen LogP contribution in [0.3, 0.4) is 0 Å². The van der Waals surface area contributed by atoms with Gasteiger partial charge in [0.05, 0.1) is 79.7 Å². The van der Waals surface area contributed by atoms with Crippen LogP contribution in [0.4, 0.5) is 0 Å². The first-order valence-electron chi connectivity index (χ1n) is 21.3. The molecular formula is C42H60O13. The molecule has 0 aromatic rings. The topological polar surface area (TPSA) is 150 Å². The van der Waals surface area contributed by atoms with E-state index < -0.39 is 48.5 Å². The summed E-state index contributed by atoms with van der Waals surface area (Å²) in [5.41, 5.74) is 2.14. The summed E-state index contributed by atoms with van der Waals surface area (Å²) in [5, 5.41) is 20.6. The number of hydrogen-bond donors (Lipinski definition) is 2. The van der Waals surface area contributed by atoms with Crippen LogP contribution in [0.5, 0.6) is 0 Å². The van der Waals surface area contributed by atoms with Crippen LogP contribution >= 0.6 is 0 Å². The molecule has 11 aliphatic rings. The number of esters is 1. The van der Waals surface area contributed by atoms with Gasteiger partial charge in [-0.05, 0) is 68.4 Å². The Balaban J connectivity index is 0.934. The molecule has 0 amide bonds. The zero-order valence-electron chi connectivity index (χ0n) is 32.2. The van der Waals surface area contributed by atoms with Gasteiger partial charge in [-0.3, -0.25) is 4.79 Å². The van der Waals surface area contributed by atoms with Crippen LogP contribution in [0.25, 0.3) is 0 Å². The number of hydrogen-bond acceptors (Lipinski definition) is 13. The number of aliphatic hydroxyl groups is 2. The van der Waals surface area contributed by atoms with Gasteiger partial charge in [0.25, 0.3) is 0 Å². The Labute approximate surface area is 323 Å². The Bertz CT molecular complexity index is 1490. The van der Waals surface area contributed by atoms with Gasteiger partial charge < -0.3 is 57.6 Å². The van der Waals surface area contributed by atoms with Gasteiger partial charge in [-0.2, -0.15) is 0 Å². The Kier molecular flexibility index (Phi) is 10.1. The maximum Gasteiger partial charge on any atom is 0.308 e. The van der Waals surface area contributed by atoms with Gasteiger partial charge in [0.15, 0.2) is 5.79 Å². The Morgan fingerprint density at radius 3 is 2.27 bits per heavy atom. The largest absolute Gasteiger partial charge is 0.459 e. The molecule has 55 heavy (non-hydrogen) atoms. The molecule has 21 atom stereocenters. The fourth-order valence-corrected chi connectivity index (χ4v) is 11.9. The van der Waals surface area contributed by atoms with E-state index in [-0.39, 0.29) is 98.0 Å². The van der Waals surface area contributed by atoms with Crippen LogP contribution < -0.4 is 0 Å². The van der Waals surface area contributed by atoms with Crippen LogP contribution in [-0.2, 0) is 52.2 Å². The van der Waals surface area contributed by atoms with Crippen molar-refractivity contribution < 1.29 is 62.4 Å². The minimum absolute atomic E-state index is 0.00281. The second-order valence-electron chi connectivity index (χ2n) is 18.5. The Hall–Kier alpha value is -1.49. The predicted octanol–water partition coefficient (Wildman–Crippen LogP) is 3.59. The quantitative estimate of drug-likeness (QED) is 0.312. The van der Waals surface area contributed by atoms with E-state index in [4.69, 9.17) is 47.4 Å². The average Bonchev–Trinajstić information content (AvgIpc) is 3.74. The molecule has 2 N–H and O–H groups in total. The minimum Gasteiger partial charge on any atom is -0.459 e. The number of ether oxygens (including phenoxy) is 10. The van der Waals surface area contributed by atoms with E-state index in [1.54, 1.807) is 0 Å². The smallest absolute Gasteiger partial charge is 0.308 e. The fraction of sp³-hybridized carbons (Fsp3) is 0.881. The molecule has 0 saturated carbocycles. The summed E-state index contributed by atoms with van der Waals surface area (Å²) in [7, 11) is 0. The number of aliphatic hydroxyl groups excluding tert-OH is 2. The average molecular weight is 773 g/mol. The highest BCUT2D eigenvalue weighted by Crippen LogP contribution is 2.54. The lowest BCUT2D eigenvalue weighted by atomic mass is 9.79. The SMILES string of the molecule is C=C1C(C)CC2CC[C@@H]3OC(CC[C@@]45CC6O[C@H]7[C@@H](O4)[C@H]4OC(CCC4O[C@H]7C6O5)CC(=O)OC4C(CC1O2)O[C@H]1CC(O)C(CCO)O[C@H]1[C@@H]4C)CC3=C. The molecule has 306 valence electrons. The van der Waals surface area contributed by atoms with Crippen molar-refractivity contribution in [2.75, 3.05) is 6.61 Å². The van der Waals surface area contributed by atoms with Crippen LogP contribution in [0.2, 0.25) is 0 Å². The molecule has 1 spiro atoms. The summed E-state index contributed by atoms with van der Waals surface area (Å²) in [4.78, 5) is 14.0. The van der Waals surface area contributed by atoms with Gasteiger partial charge in [-0.15, -0.1) is 0 Å². The van der Waals surface area contributed by atoms with Gasteiger partial charge >= 0.3 is 5.97 Å².